The third kappa shape index (κ3) is 3.83. The molecule has 0 unspecified atom stereocenters. The fourth-order valence-electron chi connectivity index (χ4n) is 1.88. The van der Waals surface area contributed by atoms with E-state index < -0.39 is 17.6 Å². The molecule has 0 radical (unpaired) electrons. The van der Waals surface area contributed by atoms with Crippen molar-refractivity contribution in [3.8, 4) is 0 Å². The number of nitrogens with zero attached hydrogens (tertiary/aromatic N) is 3. The molecule has 0 aliphatic heterocycles. The molecule has 0 fully saturated rings. The molecule has 9 heteroatoms. The lowest BCUT2D eigenvalue weighted by atomic mass is 10.2. The Bertz CT molecular complexity index is 927. The minimum absolute atomic E-state index is 0.0711. The summed E-state index contributed by atoms with van der Waals surface area (Å²) in [4.78, 5) is 35.4. The molecule has 3 aromatic rings. The van der Waals surface area contributed by atoms with E-state index in [0.29, 0.717) is 5.56 Å². The van der Waals surface area contributed by atoms with Crippen molar-refractivity contribution in [2.45, 2.75) is 6.92 Å². The summed E-state index contributed by atoms with van der Waals surface area (Å²) >= 11 is 0. The Hall–Kier alpha value is -3.62. The highest BCUT2D eigenvalue weighted by molar-refractivity contribution is 6.04. The molecule has 8 nitrogen and oxygen atoms in total. The van der Waals surface area contributed by atoms with Crippen LogP contribution >= 0.6 is 0 Å². The number of aromatic nitrogens is 3. The minimum atomic E-state index is -0.605. The van der Waals surface area contributed by atoms with Gasteiger partial charge in [-0.3, -0.25) is 19.9 Å². The summed E-state index contributed by atoms with van der Waals surface area (Å²) in [6.07, 6.45) is 5.15. The van der Waals surface area contributed by atoms with Gasteiger partial charge in [-0.1, -0.05) is 6.07 Å². The Morgan fingerprint density at radius 2 is 1.92 bits per heavy atom. The number of oxazole rings is 1. The van der Waals surface area contributed by atoms with Gasteiger partial charge in [0, 0.05) is 18.1 Å². The Kier molecular flexibility index (Phi) is 4.46. The molecule has 25 heavy (non-hydrogen) atoms. The highest BCUT2D eigenvalue weighted by atomic mass is 19.1. The molecule has 2 amide bonds. The lowest BCUT2D eigenvalue weighted by molar-refractivity contribution is 0.101. The molecule has 0 bridgehead atoms. The average molecular weight is 341 g/mol. The molecule has 3 rings (SSSR count). The number of benzene rings is 1. The average Bonchev–Trinajstić information content (AvgIpc) is 3.07. The summed E-state index contributed by atoms with van der Waals surface area (Å²) in [6, 6.07) is 4.13. The van der Waals surface area contributed by atoms with Crippen LogP contribution in [0.25, 0.3) is 0 Å². The molecule has 2 aromatic heterocycles. The van der Waals surface area contributed by atoms with Crippen molar-refractivity contribution >= 4 is 23.5 Å². The van der Waals surface area contributed by atoms with Crippen LogP contribution in [0.2, 0.25) is 0 Å². The van der Waals surface area contributed by atoms with Gasteiger partial charge in [0.25, 0.3) is 11.8 Å². The van der Waals surface area contributed by atoms with E-state index in [0.717, 1.165) is 6.26 Å². The van der Waals surface area contributed by atoms with E-state index in [2.05, 4.69) is 25.6 Å². The SMILES string of the molecule is Cc1ccc(NC(=O)c2coc(NC(=O)c3cnccn3)n2)cc1F. The number of carbonyl (C=O) groups excluding carboxylic acids is 2. The summed E-state index contributed by atoms with van der Waals surface area (Å²) in [5.74, 6) is -1.62. The minimum Gasteiger partial charge on any atom is -0.431 e. The number of aryl methyl sites for hydroxylation is 1. The Balaban J connectivity index is 1.67. The molecule has 0 saturated heterocycles. The number of hydrogen-bond donors (Lipinski definition) is 2. The van der Waals surface area contributed by atoms with Crippen LogP contribution in [-0.4, -0.2) is 26.8 Å². The van der Waals surface area contributed by atoms with Gasteiger partial charge in [0.2, 0.25) is 0 Å². The maximum absolute atomic E-state index is 13.5. The van der Waals surface area contributed by atoms with Crippen LogP contribution in [0.3, 0.4) is 0 Å². The van der Waals surface area contributed by atoms with Crippen LogP contribution in [0.5, 0.6) is 0 Å². The number of rotatable bonds is 4. The van der Waals surface area contributed by atoms with E-state index in [-0.39, 0.29) is 23.1 Å². The van der Waals surface area contributed by atoms with E-state index in [9.17, 15) is 14.0 Å². The first-order chi connectivity index (χ1) is 12.0. The van der Waals surface area contributed by atoms with Gasteiger partial charge in [-0.2, -0.15) is 4.98 Å². The first-order valence-corrected chi connectivity index (χ1v) is 7.13. The predicted octanol–water partition coefficient (Wildman–Crippen LogP) is 2.42. The first kappa shape index (κ1) is 16.2. The predicted molar refractivity (Wildman–Crippen MR) is 85.6 cm³/mol. The lowest BCUT2D eigenvalue weighted by Crippen LogP contribution is -2.15. The van der Waals surface area contributed by atoms with Crippen molar-refractivity contribution in [2.24, 2.45) is 0 Å². The van der Waals surface area contributed by atoms with Gasteiger partial charge in [0.05, 0.1) is 6.20 Å². The van der Waals surface area contributed by atoms with Gasteiger partial charge in [0.1, 0.15) is 17.8 Å². The van der Waals surface area contributed by atoms with Gasteiger partial charge < -0.3 is 9.73 Å². The molecule has 0 spiro atoms. The third-order valence-corrected chi connectivity index (χ3v) is 3.18. The van der Waals surface area contributed by atoms with Gasteiger partial charge in [0.15, 0.2) is 5.69 Å². The normalized spacial score (nSPS) is 10.3. The second-order valence-corrected chi connectivity index (χ2v) is 5.00. The van der Waals surface area contributed by atoms with E-state index in [1.165, 1.54) is 24.7 Å². The van der Waals surface area contributed by atoms with Gasteiger partial charge in [-0.25, -0.2) is 9.37 Å². The number of halogens is 1. The monoisotopic (exact) mass is 341 g/mol. The van der Waals surface area contributed by atoms with Crippen LogP contribution in [0.15, 0.2) is 47.5 Å². The van der Waals surface area contributed by atoms with Crippen molar-refractivity contribution < 1.29 is 18.4 Å². The fourth-order valence-corrected chi connectivity index (χ4v) is 1.88. The molecule has 126 valence electrons. The van der Waals surface area contributed by atoms with Crippen LogP contribution in [0.4, 0.5) is 16.1 Å². The highest BCUT2D eigenvalue weighted by Gasteiger charge is 2.16. The zero-order chi connectivity index (χ0) is 17.8. The lowest BCUT2D eigenvalue weighted by Gasteiger charge is -2.04. The van der Waals surface area contributed by atoms with Crippen molar-refractivity contribution in [1.29, 1.82) is 0 Å². The molecule has 1 aromatic carbocycles. The summed E-state index contributed by atoms with van der Waals surface area (Å²) in [6.45, 7) is 1.62. The molecule has 0 aliphatic carbocycles. The standard InChI is InChI=1S/C16H12FN5O3/c1-9-2-3-10(6-11(9)17)20-15(24)13-8-25-16(21-13)22-14(23)12-7-18-4-5-19-12/h2-8H,1H3,(H,20,24)(H,21,22,23). The van der Waals surface area contributed by atoms with E-state index in [1.807, 2.05) is 0 Å². The Morgan fingerprint density at radius 3 is 2.64 bits per heavy atom. The van der Waals surface area contributed by atoms with E-state index >= 15 is 0 Å². The zero-order valence-electron chi connectivity index (χ0n) is 13.0. The molecule has 0 saturated carbocycles. The third-order valence-electron chi connectivity index (χ3n) is 3.18. The topological polar surface area (TPSA) is 110 Å². The Labute approximate surface area is 141 Å². The Morgan fingerprint density at radius 1 is 1.12 bits per heavy atom. The largest absolute Gasteiger partial charge is 0.431 e. The zero-order valence-corrected chi connectivity index (χ0v) is 13.0. The molecule has 0 aliphatic rings. The highest BCUT2D eigenvalue weighted by Crippen LogP contribution is 2.15. The molecule has 0 atom stereocenters. The van der Waals surface area contributed by atoms with Crippen LogP contribution in [0, 0.1) is 12.7 Å². The van der Waals surface area contributed by atoms with Gasteiger partial charge in [-0.05, 0) is 24.6 Å². The van der Waals surface area contributed by atoms with Gasteiger partial charge in [-0.15, -0.1) is 0 Å². The van der Waals surface area contributed by atoms with Crippen LogP contribution in [-0.2, 0) is 0 Å². The smallest absolute Gasteiger partial charge is 0.302 e. The first-order valence-electron chi connectivity index (χ1n) is 7.13. The van der Waals surface area contributed by atoms with Crippen molar-refractivity contribution in [2.75, 3.05) is 10.6 Å². The number of nitrogens with one attached hydrogen (secondary N) is 2. The summed E-state index contributed by atoms with van der Waals surface area (Å²) in [5, 5.41) is 4.84. The molecule has 2 N–H and O–H groups in total. The number of amides is 2. The summed E-state index contributed by atoms with van der Waals surface area (Å²) in [7, 11) is 0. The summed E-state index contributed by atoms with van der Waals surface area (Å²) < 4.78 is 18.5. The number of anilines is 2. The number of carbonyl (C=O) groups is 2. The van der Waals surface area contributed by atoms with E-state index in [1.54, 1.807) is 19.1 Å². The maximum Gasteiger partial charge on any atom is 0.302 e. The van der Waals surface area contributed by atoms with Crippen molar-refractivity contribution in [1.82, 2.24) is 15.0 Å². The van der Waals surface area contributed by atoms with Crippen molar-refractivity contribution in [3.63, 3.8) is 0 Å². The second kappa shape index (κ2) is 6.87. The number of hydrogen-bond acceptors (Lipinski definition) is 6. The van der Waals surface area contributed by atoms with Crippen LogP contribution < -0.4 is 10.6 Å². The molecular formula is C16H12FN5O3. The molecular weight excluding hydrogens is 329 g/mol. The van der Waals surface area contributed by atoms with Crippen molar-refractivity contribution in [3.05, 3.63) is 65.8 Å². The van der Waals surface area contributed by atoms with Crippen LogP contribution in [0.1, 0.15) is 26.5 Å². The van der Waals surface area contributed by atoms with Gasteiger partial charge >= 0.3 is 6.01 Å². The second-order valence-electron chi connectivity index (χ2n) is 5.00. The van der Waals surface area contributed by atoms with E-state index in [4.69, 9.17) is 4.42 Å². The quantitative estimate of drug-likeness (QED) is 0.754. The molecule has 2 heterocycles. The fraction of sp³-hybridized carbons (Fsp3) is 0.0625. The summed E-state index contributed by atoms with van der Waals surface area (Å²) in [5.41, 5.74) is 0.743. The maximum atomic E-state index is 13.5.